The molecule has 0 radical (unpaired) electrons. The first-order valence-corrected chi connectivity index (χ1v) is 4.96. The lowest BCUT2D eigenvalue weighted by Crippen LogP contribution is -1.93. The second-order valence-corrected chi connectivity index (χ2v) is 3.88. The highest BCUT2D eigenvalue weighted by Crippen LogP contribution is 2.36. The number of fused-ring (bicyclic) bond motifs is 1. The van der Waals surface area contributed by atoms with Crippen molar-refractivity contribution >= 4 is 27.1 Å². The maximum atomic E-state index is 9.63. The molecule has 0 atom stereocenters. The van der Waals surface area contributed by atoms with Crippen molar-refractivity contribution in [2.75, 3.05) is 5.73 Å². The number of phenols is 1. The maximum Gasteiger partial charge on any atom is 0.124 e. The van der Waals surface area contributed by atoms with Crippen LogP contribution in [0.3, 0.4) is 0 Å². The Bertz CT molecular complexity index is 525. The quantitative estimate of drug-likeness (QED) is 0.553. The van der Waals surface area contributed by atoms with Gasteiger partial charge in [-0.05, 0) is 23.1 Å². The Hall–Kier alpha value is -1.73. The standard InChI is InChI=1S/C10H8N2OS/c11-3-1-6-5-8(13)7-2-4-14-10(7)9(6)12/h2,4-5,13H,1,12H2. The Morgan fingerprint density at radius 1 is 1.57 bits per heavy atom. The fraction of sp³-hybridized carbons (Fsp3) is 0.100. The van der Waals surface area contributed by atoms with Crippen molar-refractivity contribution in [1.82, 2.24) is 0 Å². The van der Waals surface area contributed by atoms with Crippen LogP contribution in [-0.2, 0) is 6.42 Å². The summed E-state index contributed by atoms with van der Waals surface area (Å²) < 4.78 is 0.857. The number of benzene rings is 1. The van der Waals surface area contributed by atoms with E-state index in [1.165, 1.54) is 11.3 Å². The number of nitriles is 1. The third-order valence-corrected chi connectivity index (χ3v) is 3.06. The van der Waals surface area contributed by atoms with Crippen LogP contribution in [0.2, 0.25) is 0 Å². The predicted molar refractivity (Wildman–Crippen MR) is 57.2 cm³/mol. The minimum atomic E-state index is 0.195. The van der Waals surface area contributed by atoms with E-state index in [2.05, 4.69) is 0 Å². The second-order valence-electron chi connectivity index (χ2n) is 2.97. The summed E-state index contributed by atoms with van der Waals surface area (Å²) in [6.07, 6.45) is 0.229. The average molecular weight is 204 g/mol. The van der Waals surface area contributed by atoms with E-state index < -0.39 is 0 Å². The number of anilines is 1. The van der Waals surface area contributed by atoms with Crippen LogP contribution < -0.4 is 5.73 Å². The third kappa shape index (κ3) is 1.19. The van der Waals surface area contributed by atoms with E-state index >= 15 is 0 Å². The number of rotatable bonds is 1. The van der Waals surface area contributed by atoms with E-state index in [0.29, 0.717) is 11.3 Å². The molecule has 2 rings (SSSR count). The SMILES string of the molecule is N#CCc1cc(O)c2ccsc2c1N. The van der Waals surface area contributed by atoms with Gasteiger partial charge in [-0.3, -0.25) is 0 Å². The van der Waals surface area contributed by atoms with E-state index in [0.717, 1.165) is 10.1 Å². The second kappa shape index (κ2) is 3.20. The van der Waals surface area contributed by atoms with E-state index in [-0.39, 0.29) is 12.2 Å². The zero-order valence-electron chi connectivity index (χ0n) is 7.32. The molecule has 1 aromatic carbocycles. The molecular weight excluding hydrogens is 196 g/mol. The normalized spacial score (nSPS) is 10.2. The molecule has 0 spiro atoms. The van der Waals surface area contributed by atoms with Crippen LogP contribution in [-0.4, -0.2) is 5.11 Å². The Balaban J connectivity index is 2.76. The first kappa shape index (κ1) is 8.85. The molecule has 0 aliphatic rings. The topological polar surface area (TPSA) is 70.0 Å². The fourth-order valence-corrected chi connectivity index (χ4v) is 2.32. The lowest BCUT2D eigenvalue weighted by molar-refractivity contribution is 0.481. The summed E-state index contributed by atoms with van der Waals surface area (Å²) in [5.41, 5.74) is 7.17. The minimum Gasteiger partial charge on any atom is -0.507 e. The van der Waals surface area contributed by atoms with Gasteiger partial charge in [-0.15, -0.1) is 11.3 Å². The van der Waals surface area contributed by atoms with Gasteiger partial charge in [0.15, 0.2) is 0 Å². The molecule has 3 N–H and O–H groups in total. The number of hydrogen-bond acceptors (Lipinski definition) is 4. The number of aromatic hydroxyl groups is 1. The van der Waals surface area contributed by atoms with Gasteiger partial charge in [0.05, 0.1) is 22.9 Å². The van der Waals surface area contributed by atoms with Crippen LogP contribution in [0.15, 0.2) is 17.5 Å². The van der Waals surface area contributed by atoms with E-state index in [1.807, 2.05) is 17.5 Å². The summed E-state index contributed by atoms with van der Waals surface area (Å²) in [5, 5.41) is 20.8. The lowest BCUT2D eigenvalue weighted by Gasteiger charge is -2.04. The van der Waals surface area contributed by atoms with Gasteiger partial charge in [0.25, 0.3) is 0 Å². The smallest absolute Gasteiger partial charge is 0.124 e. The first-order chi connectivity index (χ1) is 6.74. The molecule has 0 bridgehead atoms. The summed E-state index contributed by atoms with van der Waals surface area (Å²) in [6, 6.07) is 5.41. The van der Waals surface area contributed by atoms with Crippen LogP contribution in [0.25, 0.3) is 10.1 Å². The van der Waals surface area contributed by atoms with Crippen molar-refractivity contribution in [1.29, 1.82) is 5.26 Å². The molecule has 4 heteroatoms. The number of nitrogens with zero attached hydrogens (tertiary/aromatic N) is 1. The average Bonchev–Trinajstić information content (AvgIpc) is 2.63. The molecule has 0 saturated heterocycles. The highest BCUT2D eigenvalue weighted by molar-refractivity contribution is 7.17. The molecule has 2 aromatic rings. The Morgan fingerprint density at radius 3 is 3.07 bits per heavy atom. The van der Waals surface area contributed by atoms with Crippen LogP contribution in [0.1, 0.15) is 5.56 Å². The molecule has 14 heavy (non-hydrogen) atoms. The minimum absolute atomic E-state index is 0.195. The van der Waals surface area contributed by atoms with Gasteiger partial charge < -0.3 is 10.8 Å². The van der Waals surface area contributed by atoms with E-state index in [1.54, 1.807) is 6.07 Å². The monoisotopic (exact) mass is 204 g/mol. The summed E-state index contributed by atoms with van der Waals surface area (Å²) in [6.45, 7) is 0. The molecule has 0 unspecified atom stereocenters. The number of thiophene rings is 1. The van der Waals surface area contributed by atoms with Crippen LogP contribution >= 0.6 is 11.3 Å². The molecule has 0 amide bonds. The molecule has 0 aliphatic carbocycles. The first-order valence-electron chi connectivity index (χ1n) is 4.08. The molecule has 1 heterocycles. The summed E-state index contributed by atoms with van der Waals surface area (Å²) >= 11 is 1.47. The zero-order chi connectivity index (χ0) is 10.1. The predicted octanol–water partition coefficient (Wildman–Crippen LogP) is 2.26. The Kier molecular flexibility index (Phi) is 2.02. The number of nitrogens with two attached hydrogens (primary N) is 1. The van der Waals surface area contributed by atoms with Gasteiger partial charge in [-0.2, -0.15) is 5.26 Å². The maximum absolute atomic E-state index is 9.63. The van der Waals surface area contributed by atoms with E-state index in [4.69, 9.17) is 11.0 Å². The van der Waals surface area contributed by atoms with Crippen LogP contribution in [0, 0.1) is 11.3 Å². The van der Waals surface area contributed by atoms with Gasteiger partial charge in [0.1, 0.15) is 5.75 Å². The van der Waals surface area contributed by atoms with Crippen molar-refractivity contribution in [3.8, 4) is 11.8 Å². The zero-order valence-corrected chi connectivity index (χ0v) is 8.14. The van der Waals surface area contributed by atoms with Gasteiger partial charge in [0, 0.05) is 5.39 Å². The lowest BCUT2D eigenvalue weighted by atomic mass is 10.1. The molecule has 1 aromatic heterocycles. The van der Waals surface area contributed by atoms with Crippen LogP contribution in [0.4, 0.5) is 5.69 Å². The third-order valence-electron chi connectivity index (χ3n) is 2.11. The molecule has 70 valence electrons. The Labute approximate surface area is 85.0 Å². The van der Waals surface area contributed by atoms with E-state index in [9.17, 15) is 5.11 Å². The van der Waals surface area contributed by atoms with Crippen molar-refractivity contribution < 1.29 is 5.11 Å². The largest absolute Gasteiger partial charge is 0.507 e. The molecule has 0 saturated carbocycles. The highest BCUT2D eigenvalue weighted by atomic mass is 32.1. The van der Waals surface area contributed by atoms with Gasteiger partial charge in [-0.1, -0.05) is 0 Å². The summed E-state index contributed by atoms with van der Waals surface area (Å²) in [7, 11) is 0. The van der Waals surface area contributed by atoms with Gasteiger partial charge in [-0.25, -0.2) is 0 Å². The Morgan fingerprint density at radius 2 is 2.36 bits per heavy atom. The van der Waals surface area contributed by atoms with Crippen LogP contribution in [0.5, 0.6) is 5.75 Å². The summed E-state index contributed by atoms with van der Waals surface area (Å²) in [5.74, 6) is 0.195. The van der Waals surface area contributed by atoms with Crippen molar-refractivity contribution in [3.63, 3.8) is 0 Å². The number of nitrogen functional groups attached to an aromatic ring is 1. The fourth-order valence-electron chi connectivity index (χ4n) is 1.42. The van der Waals surface area contributed by atoms with Crippen molar-refractivity contribution in [2.24, 2.45) is 0 Å². The van der Waals surface area contributed by atoms with Crippen molar-refractivity contribution in [3.05, 3.63) is 23.1 Å². The molecule has 0 aliphatic heterocycles. The van der Waals surface area contributed by atoms with Gasteiger partial charge in [0.2, 0.25) is 0 Å². The molecule has 3 nitrogen and oxygen atoms in total. The molecular formula is C10H8N2OS. The molecule has 0 fully saturated rings. The summed E-state index contributed by atoms with van der Waals surface area (Å²) in [4.78, 5) is 0. The van der Waals surface area contributed by atoms with Gasteiger partial charge >= 0.3 is 0 Å². The van der Waals surface area contributed by atoms with Crippen molar-refractivity contribution in [2.45, 2.75) is 6.42 Å². The highest BCUT2D eigenvalue weighted by Gasteiger charge is 2.09. The number of phenolic OH excluding ortho intramolecular Hbond substituents is 1. The number of hydrogen-bond donors (Lipinski definition) is 2.